The number of aromatic nitrogens is 2. The average Bonchev–Trinajstić information content (AvgIpc) is 2.93. The molecule has 2 atom stereocenters. The van der Waals surface area contributed by atoms with Crippen LogP contribution < -0.4 is 5.32 Å². The molecule has 1 aromatic rings. The molecule has 20 heavy (non-hydrogen) atoms. The quantitative estimate of drug-likeness (QED) is 0.851. The topological polar surface area (TPSA) is 63.4 Å². The molecule has 2 rings (SSSR count). The van der Waals surface area contributed by atoms with E-state index in [9.17, 15) is 0 Å². The fraction of sp³-hybridized carbons (Fsp3) is 0.857. The van der Waals surface area contributed by atoms with Gasteiger partial charge in [0.15, 0.2) is 0 Å². The highest BCUT2D eigenvalue weighted by Gasteiger charge is 2.27. The van der Waals surface area contributed by atoms with Crippen molar-refractivity contribution in [3.8, 4) is 0 Å². The molecule has 0 spiro atoms. The zero-order valence-electron chi connectivity index (χ0n) is 12.9. The Morgan fingerprint density at radius 2 is 2.20 bits per heavy atom. The maximum Gasteiger partial charge on any atom is 0.226 e. The molecule has 0 saturated carbocycles. The van der Waals surface area contributed by atoms with E-state index >= 15 is 0 Å². The molecule has 0 radical (unpaired) electrons. The number of ether oxygens (including phenoxy) is 1. The van der Waals surface area contributed by atoms with Gasteiger partial charge in [-0.1, -0.05) is 5.16 Å². The molecule has 114 valence electrons. The number of hydrogen-bond donors (Lipinski definition) is 1. The first-order chi connectivity index (χ1) is 9.60. The first-order valence-corrected chi connectivity index (χ1v) is 7.45. The van der Waals surface area contributed by atoms with Crippen LogP contribution in [0.3, 0.4) is 0 Å². The Labute approximate surface area is 120 Å². The highest BCUT2D eigenvalue weighted by Crippen LogP contribution is 2.21. The van der Waals surface area contributed by atoms with Crippen LogP contribution in [-0.4, -0.2) is 53.9 Å². The van der Waals surface area contributed by atoms with Crippen LogP contribution in [-0.2, 0) is 11.2 Å². The predicted octanol–water partition coefficient (Wildman–Crippen LogP) is 1.39. The molecule has 1 fully saturated rings. The van der Waals surface area contributed by atoms with E-state index in [1.54, 1.807) is 0 Å². The van der Waals surface area contributed by atoms with Crippen molar-refractivity contribution in [2.45, 2.75) is 51.8 Å². The molecular formula is C14H26N4O2. The Balaban J connectivity index is 1.91. The summed E-state index contributed by atoms with van der Waals surface area (Å²) in [7, 11) is 1.96. The van der Waals surface area contributed by atoms with Gasteiger partial charge in [-0.3, -0.25) is 4.90 Å². The molecule has 6 nitrogen and oxygen atoms in total. The average molecular weight is 282 g/mol. The number of nitrogens with one attached hydrogen (secondary N) is 1. The summed E-state index contributed by atoms with van der Waals surface area (Å²) in [5.74, 6) is 1.38. The highest BCUT2D eigenvalue weighted by molar-refractivity contribution is 4.95. The van der Waals surface area contributed by atoms with Crippen molar-refractivity contribution in [2.24, 2.45) is 0 Å². The largest absolute Gasteiger partial charge is 0.367 e. The number of aryl methyl sites for hydroxylation is 1. The van der Waals surface area contributed by atoms with Crippen LogP contribution in [0.5, 0.6) is 0 Å². The normalized spacial score (nSPS) is 22.4. The van der Waals surface area contributed by atoms with Crippen molar-refractivity contribution >= 4 is 0 Å². The van der Waals surface area contributed by atoms with Crippen molar-refractivity contribution in [1.82, 2.24) is 20.4 Å². The second-order valence-electron chi connectivity index (χ2n) is 5.72. The molecule has 1 aliphatic heterocycles. The lowest BCUT2D eigenvalue weighted by Crippen LogP contribution is -2.42. The number of hydrogen-bond acceptors (Lipinski definition) is 6. The lowest BCUT2D eigenvalue weighted by Gasteiger charge is -2.34. The molecule has 1 aliphatic rings. The monoisotopic (exact) mass is 282 g/mol. The summed E-state index contributed by atoms with van der Waals surface area (Å²) in [5, 5.41) is 7.28. The third kappa shape index (κ3) is 4.01. The van der Waals surface area contributed by atoms with E-state index in [1.165, 1.54) is 0 Å². The molecule has 2 heterocycles. The first kappa shape index (κ1) is 15.4. The van der Waals surface area contributed by atoms with Gasteiger partial charge in [0.05, 0.1) is 6.61 Å². The van der Waals surface area contributed by atoms with E-state index in [-0.39, 0.29) is 6.10 Å². The second-order valence-corrected chi connectivity index (χ2v) is 5.72. The maximum atomic E-state index is 5.77. The standard InChI is InChI=1S/C14H26N4O2/c1-10(2)18-7-8-19-12(9-18)14-16-13(20-17-14)6-5-11(3)15-4/h10-12,15H,5-9H2,1-4H3. The van der Waals surface area contributed by atoms with E-state index < -0.39 is 0 Å². The Bertz CT molecular complexity index is 408. The van der Waals surface area contributed by atoms with Gasteiger partial charge in [-0.2, -0.15) is 4.98 Å². The molecule has 1 N–H and O–H groups in total. The summed E-state index contributed by atoms with van der Waals surface area (Å²) in [5.41, 5.74) is 0. The molecule has 0 aromatic carbocycles. The minimum absolute atomic E-state index is 0.0645. The predicted molar refractivity (Wildman–Crippen MR) is 76.5 cm³/mol. The van der Waals surface area contributed by atoms with Gasteiger partial charge in [0, 0.05) is 31.6 Å². The first-order valence-electron chi connectivity index (χ1n) is 7.45. The van der Waals surface area contributed by atoms with E-state index in [2.05, 4.69) is 41.1 Å². The molecular weight excluding hydrogens is 256 g/mol. The van der Waals surface area contributed by atoms with E-state index in [1.807, 2.05) is 7.05 Å². The van der Waals surface area contributed by atoms with Gasteiger partial charge in [0.2, 0.25) is 11.7 Å². The van der Waals surface area contributed by atoms with Crippen LogP contribution in [0.2, 0.25) is 0 Å². The van der Waals surface area contributed by atoms with E-state index in [0.717, 1.165) is 32.5 Å². The molecule has 1 aromatic heterocycles. The molecule has 1 saturated heterocycles. The molecule has 2 unspecified atom stereocenters. The van der Waals surface area contributed by atoms with Crippen molar-refractivity contribution in [3.63, 3.8) is 0 Å². The number of rotatable bonds is 6. The molecule has 0 bridgehead atoms. The van der Waals surface area contributed by atoms with Gasteiger partial charge in [-0.25, -0.2) is 0 Å². The van der Waals surface area contributed by atoms with Gasteiger partial charge >= 0.3 is 0 Å². The van der Waals surface area contributed by atoms with Crippen LogP contribution in [0, 0.1) is 0 Å². The van der Waals surface area contributed by atoms with Gasteiger partial charge in [0.25, 0.3) is 0 Å². The van der Waals surface area contributed by atoms with Crippen LogP contribution in [0.15, 0.2) is 4.52 Å². The molecule has 0 amide bonds. The fourth-order valence-electron chi connectivity index (χ4n) is 2.28. The van der Waals surface area contributed by atoms with Crippen LogP contribution in [0.1, 0.15) is 45.0 Å². The highest BCUT2D eigenvalue weighted by atomic mass is 16.5. The van der Waals surface area contributed by atoms with E-state index in [4.69, 9.17) is 9.26 Å². The Kier molecular flexibility index (Phi) is 5.51. The Morgan fingerprint density at radius 1 is 1.40 bits per heavy atom. The SMILES string of the molecule is CNC(C)CCc1nc(C2CN(C(C)C)CCO2)no1. The minimum atomic E-state index is -0.0645. The molecule has 6 heteroatoms. The third-order valence-electron chi connectivity index (χ3n) is 3.88. The number of nitrogens with zero attached hydrogens (tertiary/aromatic N) is 3. The Hall–Kier alpha value is -0.980. The number of morpholine rings is 1. The summed E-state index contributed by atoms with van der Waals surface area (Å²) in [6.45, 7) is 9.07. The third-order valence-corrected chi connectivity index (χ3v) is 3.88. The zero-order chi connectivity index (χ0) is 14.5. The summed E-state index contributed by atoms with van der Waals surface area (Å²) in [6.07, 6.45) is 1.72. The van der Waals surface area contributed by atoms with Gasteiger partial charge in [-0.05, 0) is 34.2 Å². The Morgan fingerprint density at radius 3 is 2.90 bits per heavy atom. The summed E-state index contributed by atoms with van der Waals surface area (Å²) < 4.78 is 11.1. The second kappa shape index (κ2) is 7.15. The van der Waals surface area contributed by atoms with Crippen LogP contribution in [0.25, 0.3) is 0 Å². The lowest BCUT2D eigenvalue weighted by atomic mass is 10.2. The van der Waals surface area contributed by atoms with Crippen molar-refractivity contribution in [1.29, 1.82) is 0 Å². The van der Waals surface area contributed by atoms with E-state index in [0.29, 0.717) is 23.8 Å². The summed E-state index contributed by atoms with van der Waals surface area (Å²) in [4.78, 5) is 6.86. The van der Waals surface area contributed by atoms with Gasteiger partial charge in [0.1, 0.15) is 6.10 Å². The van der Waals surface area contributed by atoms with Crippen LogP contribution >= 0.6 is 0 Å². The fourth-order valence-corrected chi connectivity index (χ4v) is 2.28. The van der Waals surface area contributed by atoms with Crippen molar-refractivity contribution in [2.75, 3.05) is 26.7 Å². The maximum absolute atomic E-state index is 5.77. The van der Waals surface area contributed by atoms with Gasteiger partial charge < -0.3 is 14.6 Å². The van der Waals surface area contributed by atoms with Crippen LogP contribution in [0.4, 0.5) is 0 Å². The van der Waals surface area contributed by atoms with Gasteiger partial charge in [-0.15, -0.1) is 0 Å². The zero-order valence-corrected chi connectivity index (χ0v) is 12.9. The summed E-state index contributed by atoms with van der Waals surface area (Å²) in [6, 6.07) is 0.969. The lowest BCUT2D eigenvalue weighted by molar-refractivity contribution is -0.0450. The van der Waals surface area contributed by atoms with Crippen molar-refractivity contribution < 1.29 is 9.26 Å². The minimum Gasteiger partial charge on any atom is -0.367 e. The van der Waals surface area contributed by atoms with Crippen molar-refractivity contribution in [3.05, 3.63) is 11.7 Å². The summed E-state index contributed by atoms with van der Waals surface area (Å²) >= 11 is 0. The smallest absolute Gasteiger partial charge is 0.226 e. The molecule has 0 aliphatic carbocycles.